The Balaban J connectivity index is 2.09. The van der Waals surface area contributed by atoms with E-state index in [9.17, 15) is 0 Å². The lowest BCUT2D eigenvalue weighted by Gasteiger charge is -2.41. The molecule has 5 unspecified atom stereocenters. The van der Waals surface area contributed by atoms with Crippen LogP contribution in [0.3, 0.4) is 0 Å². The fourth-order valence-electron chi connectivity index (χ4n) is 2.92. The summed E-state index contributed by atoms with van der Waals surface area (Å²) < 4.78 is 11.5. The Morgan fingerprint density at radius 2 is 2.00 bits per heavy atom. The number of hydrogen-bond acceptors (Lipinski definition) is 2. The molecule has 0 aromatic carbocycles. The smallest absolute Gasteiger partial charge is 0.155 e. The van der Waals surface area contributed by atoms with E-state index in [1.807, 2.05) is 6.92 Å². The summed E-state index contributed by atoms with van der Waals surface area (Å²) in [4.78, 5) is 0. The average molecular weight is 224 g/mol. The Morgan fingerprint density at radius 3 is 2.75 bits per heavy atom. The van der Waals surface area contributed by atoms with E-state index in [2.05, 4.69) is 26.8 Å². The summed E-state index contributed by atoms with van der Waals surface area (Å²) in [7, 11) is 0. The molecule has 1 heterocycles. The first-order valence-corrected chi connectivity index (χ1v) is 6.51. The van der Waals surface area contributed by atoms with Gasteiger partial charge in [-0.3, -0.25) is 0 Å². The summed E-state index contributed by atoms with van der Waals surface area (Å²) in [6.07, 6.45) is 5.21. The van der Waals surface area contributed by atoms with Gasteiger partial charge in [-0.25, -0.2) is 0 Å². The van der Waals surface area contributed by atoms with Crippen LogP contribution in [-0.4, -0.2) is 19.0 Å². The van der Waals surface area contributed by atoms with E-state index in [0.29, 0.717) is 17.9 Å². The molecule has 1 aliphatic heterocycles. The molecule has 2 nitrogen and oxygen atoms in total. The summed E-state index contributed by atoms with van der Waals surface area (Å²) in [5.41, 5.74) is 1.52. The van der Waals surface area contributed by atoms with E-state index in [-0.39, 0.29) is 6.29 Å². The second-order valence-electron chi connectivity index (χ2n) is 5.61. The van der Waals surface area contributed by atoms with E-state index in [0.717, 1.165) is 12.5 Å². The first-order chi connectivity index (χ1) is 7.58. The summed E-state index contributed by atoms with van der Waals surface area (Å²) in [6.45, 7) is 9.67. The van der Waals surface area contributed by atoms with Gasteiger partial charge in [0.25, 0.3) is 0 Å². The normalized spacial score (nSPS) is 45.2. The van der Waals surface area contributed by atoms with Crippen molar-refractivity contribution in [2.75, 3.05) is 6.61 Å². The van der Waals surface area contributed by atoms with E-state index < -0.39 is 0 Å². The summed E-state index contributed by atoms with van der Waals surface area (Å²) >= 11 is 0. The van der Waals surface area contributed by atoms with Gasteiger partial charge in [0.2, 0.25) is 0 Å². The fraction of sp³-hybridized carbons (Fsp3) is 0.857. The molecular weight excluding hydrogens is 200 g/mol. The highest BCUT2D eigenvalue weighted by atomic mass is 16.7. The third-order valence-electron chi connectivity index (χ3n) is 3.98. The minimum atomic E-state index is -0.0359. The molecule has 0 N–H and O–H groups in total. The van der Waals surface area contributed by atoms with Crippen molar-refractivity contribution < 1.29 is 9.47 Å². The molecule has 1 fully saturated rings. The van der Waals surface area contributed by atoms with Crippen LogP contribution in [0.5, 0.6) is 0 Å². The molecule has 0 amide bonds. The maximum Gasteiger partial charge on any atom is 0.155 e. The van der Waals surface area contributed by atoms with Crippen molar-refractivity contribution in [1.82, 2.24) is 0 Å². The lowest BCUT2D eigenvalue weighted by atomic mass is 9.76. The highest BCUT2D eigenvalue weighted by Crippen LogP contribution is 2.37. The highest BCUT2D eigenvalue weighted by Gasteiger charge is 2.35. The molecule has 0 saturated carbocycles. The Morgan fingerprint density at radius 1 is 1.25 bits per heavy atom. The van der Waals surface area contributed by atoms with Gasteiger partial charge in [0.05, 0.1) is 12.7 Å². The maximum absolute atomic E-state index is 5.99. The number of allylic oxidation sites excluding steroid dienone is 1. The fourth-order valence-corrected chi connectivity index (χ4v) is 2.92. The zero-order chi connectivity index (χ0) is 11.7. The van der Waals surface area contributed by atoms with Gasteiger partial charge in [0.15, 0.2) is 6.29 Å². The molecule has 0 aromatic heterocycles. The van der Waals surface area contributed by atoms with Crippen molar-refractivity contribution in [3.63, 3.8) is 0 Å². The number of rotatable bonds is 1. The van der Waals surface area contributed by atoms with Gasteiger partial charge >= 0.3 is 0 Å². The van der Waals surface area contributed by atoms with Gasteiger partial charge in [-0.1, -0.05) is 25.5 Å². The van der Waals surface area contributed by atoms with Crippen LogP contribution < -0.4 is 0 Å². The van der Waals surface area contributed by atoms with E-state index in [1.54, 1.807) is 0 Å². The summed E-state index contributed by atoms with van der Waals surface area (Å²) in [5.74, 6) is 1.91. The van der Waals surface area contributed by atoms with Crippen LogP contribution in [0.15, 0.2) is 11.6 Å². The van der Waals surface area contributed by atoms with Gasteiger partial charge in [-0.05, 0) is 32.6 Å². The van der Waals surface area contributed by atoms with Gasteiger partial charge in [-0.2, -0.15) is 0 Å². The molecule has 0 spiro atoms. The second kappa shape index (κ2) is 4.89. The number of ether oxygens (including phenoxy) is 2. The van der Waals surface area contributed by atoms with Gasteiger partial charge < -0.3 is 9.47 Å². The predicted molar refractivity (Wildman–Crippen MR) is 65.1 cm³/mol. The van der Waals surface area contributed by atoms with Crippen molar-refractivity contribution >= 4 is 0 Å². The van der Waals surface area contributed by atoms with Crippen LogP contribution in [0.1, 0.15) is 40.5 Å². The largest absolute Gasteiger partial charge is 0.353 e. The molecule has 2 heteroatoms. The van der Waals surface area contributed by atoms with Crippen molar-refractivity contribution in [2.45, 2.75) is 52.9 Å². The lowest BCUT2D eigenvalue weighted by Crippen LogP contribution is -2.43. The van der Waals surface area contributed by atoms with Crippen LogP contribution in [0.4, 0.5) is 0 Å². The third-order valence-corrected chi connectivity index (χ3v) is 3.98. The molecule has 5 atom stereocenters. The van der Waals surface area contributed by atoms with Crippen molar-refractivity contribution in [3.8, 4) is 0 Å². The van der Waals surface area contributed by atoms with Gasteiger partial charge in [0, 0.05) is 11.8 Å². The first-order valence-electron chi connectivity index (χ1n) is 6.51. The SMILES string of the molecule is CC1=CCC(C)CC1C1OC(C)OCC1C. The molecule has 0 aromatic rings. The minimum Gasteiger partial charge on any atom is -0.353 e. The summed E-state index contributed by atoms with van der Waals surface area (Å²) in [6, 6.07) is 0. The second-order valence-corrected chi connectivity index (χ2v) is 5.61. The molecule has 92 valence electrons. The predicted octanol–water partition coefficient (Wildman–Crippen LogP) is 3.38. The molecule has 16 heavy (non-hydrogen) atoms. The third kappa shape index (κ3) is 2.49. The van der Waals surface area contributed by atoms with Crippen LogP contribution in [-0.2, 0) is 9.47 Å². The molecule has 1 saturated heterocycles. The molecule has 1 aliphatic carbocycles. The quantitative estimate of drug-likeness (QED) is 0.636. The molecule has 0 radical (unpaired) electrons. The van der Waals surface area contributed by atoms with Gasteiger partial charge in [0.1, 0.15) is 0 Å². The summed E-state index contributed by atoms with van der Waals surface area (Å²) in [5, 5.41) is 0. The topological polar surface area (TPSA) is 18.5 Å². The Labute approximate surface area is 99.0 Å². The van der Waals surface area contributed by atoms with Crippen LogP contribution >= 0.6 is 0 Å². The van der Waals surface area contributed by atoms with Crippen LogP contribution in [0.25, 0.3) is 0 Å². The Hall–Kier alpha value is -0.340. The van der Waals surface area contributed by atoms with E-state index >= 15 is 0 Å². The zero-order valence-corrected chi connectivity index (χ0v) is 10.9. The van der Waals surface area contributed by atoms with Crippen molar-refractivity contribution in [3.05, 3.63) is 11.6 Å². The van der Waals surface area contributed by atoms with E-state index in [4.69, 9.17) is 9.47 Å². The highest BCUT2D eigenvalue weighted by molar-refractivity contribution is 5.11. The number of hydrogen-bond donors (Lipinski definition) is 0. The molecular formula is C14H24O2. The Kier molecular flexibility index (Phi) is 3.70. The molecule has 2 rings (SSSR count). The van der Waals surface area contributed by atoms with E-state index in [1.165, 1.54) is 18.4 Å². The van der Waals surface area contributed by atoms with Gasteiger partial charge in [-0.15, -0.1) is 0 Å². The lowest BCUT2D eigenvalue weighted by molar-refractivity contribution is -0.235. The Bertz CT molecular complexity index is 272. The maximum atomic E-state index is 5.99. The van der Waals surface area contributed by atoms with Crippen LogP contribution in [0, 0.1) is 17.8 Å². The standard InChI is InChI=1S/C14H24O2/c1-9-5-6-10(2)13(7-9)14-11(3)8-15-12(4)16-14/h6,9,11-14H,5,7-8H2,1-4H3. The zero-order valence-electron chi connectivity index (χ0n) is 10.9. The van der Waals surface area contributed by atoms with Crippen molar-refractivity contribution in [2.24, 2.45) is 17.8 Å². The minimum absolute atomic E-state index is 0.0359. The molecule has 2 aliphatic rings. The monoisotopic (exact) mass is 224 g/mol. The van der Waals surface area contributed by atoms with Crippen molar-refractivity contribution in [1.29, 1.82) is 0 Å². The first kappa shape index (κ1) is 12.1. The average Bonchev–Trinajstić information content (AvgIpc) is 2.25. The molecule has 0 bridgehead atoms. The van der Waals surface area contributed by atoms with Crippen LogP contribution in [0.2, 0.25) is 0 Å².